The number of carbonyl (C=O) groups excluding carboxylic acids is 1. The molecule has 0 saturated heterocycles. The predicted octanol–water partition coefficient (Wildman–Crippen LogP) is 5.49. The van der Waals surface area contributed by atoms with Gasteiger partial charge in [0, 0.05) is 41.1 Å². The van der Waals surface area contributed by atoms with Crippen LogP contribution >= 0.6 is 23.5 Å². The van der Waals surface area contributed by atoms with Crippen molar-refractivity contribution in [2.75, 3.05) is 19.5 Å². The fourth-order valence-electron chi connectivity index (χ4n) is 3.28. The van der Waals surface area contributed by atoms with Crippen LogP contribution < -0.4 is 10.6 Å². The standard InChI is InChI=1S/C23H21ClN4O2S/c1-25-12-16-14-28(31-18-4-3-9-26-13-18)22-11-17(6-7-19(16)22)27-21-8-5-15(10-20(21)24)23(29)30-2/h3-11,13-14,25,27H,12H2,1-2H3. The van der Waals surface area contributed by atoms with E-state index in [1.54, 1.807) is 36.3 Å². The van der Waals surface area contributed by atoms with Gasteiger partial charge in [-0.05, 0) is 67.0 Å². The van der Waals surface area contributed by atoms with Crippen molar-refractivity contribution in [3.63, 3.8) is 0 Å². The molecule has 0 saturated carbocycles. The number of nitrogens with one attached hydrogen (secondary N) is 2. The Morgan fingerprint density at radius 3 is 2.81 bits per heavy atom. The zero-order valence-electron chi connectivity index (χ0n) is 17.1. The molecule has 2 aromatic heterocycles. The fraction of sp³-hybridized carbons (Fsp3) is 0.130. The second-order valence-electron chi connectivity index (χ2n) is 6.83. The SMILES string of the molecule is CNCc1cn(Sc2cccnc2)c2cc(Nc3ccc(C(=O)OC)cc3Cl)ccc12. The highest BCUT2D eigenvalue weighted by atomic mass is 35.5. The third-order valence-corrected chi connectivity index (χ3v) is 5.99. The van der Waals surface area contributed by atoms with Crippen molar-refractivity contribution < 1.29 is 9.53 Å². The molecule has 2 heterocycles. The average Bonchev–Trinajstić information content (AvgIpc) is 3.12. The Morgan fingerprint density at radius 1 is 1.23 bits per heavy atom. The van der Waals surface area contributed by atoms with Gasteiger partial charge in [-0.15, -0.1) is 0 Å². The number of hydrogen-bond acceptors (Lipinski definition) is 6. The number of fused-ring (bicyclic) bond motifs is 1. The van der Waals surface area contributed by atoms with Crippen molar-refractivity contribution in [3.8, 4) is 0 Å². The minimum atomic E-state index is -0.419. The van der Waals surface area contributed by atoms with Crippen molar-refractivity contribution in [1.82, 2.24) is 14.3 Å². The number of nitrogens with zero attached hydrogens (tertiary/aromatic N) is 2. The molecule has 8 heteroatoms. The molecule has 0 unspecified atom stereocenters. The van der Waals surface area contributed by atoms with Gasteiger partial charge in [0.05, 0.1) is 28.9 Å². The number of carbonyl (C=O) groups is 1. The number of halogens is 1. The fourth-order valence-corrected chi connectivity index (χ4v) is 4.41. The molecule has 31 heavy (non-hydrogen) atoms. The zero-order valence-corrected chi connectivity index (χ0v) is 18.6. The van der Waals surface area contributed by atoms with Gasteiger partial charge in [0.25, 0.3) is 0 Å². The molecule has 0 aliphatic carbocycles. The molecule has 0 aliphatic rings. The summed E-state index contributed by atoms with van der Waals surface area (Å²) in [6.45, 7) is 0.769. The summed E-state index contributed by atoms with van der Waals surface area (Å²) in [5.41, 5.74) is 4.30. The van der Waals surface area contributed by atoms with Gasteiger partial charge < -0.3 is 15.4 Å². The average molecular weight is 453 g/mol. The summed E-state index contributed by atoms with van der Waals surface area (Å²) >= 11 is 8.00. The highest BCUT2D eigenvalue weighted by molar-refractivity contribution is 7.98. The van der Waals surface area contributed by atoms with Crippen LogP contribution in [0.15, 0.2) is 72.0 Å². The zero-order chi connectivity index (χ0) is 21.8. The largest absolute Gasteiger partial charge is 0.465 e. The molecular weight excluding hydrogens is 432 g/mol. The van der Waals surface area contributed by atoms with Crippen LogP contribution in [0.25, 0.3) is 10.9 Å². The molecule has 0 bridgehead atoms. The van der Waals surface area contributed by atoms with Crippen LogP contribution in [0.5, 0.6) is 0 Å². The molecule has 0 amide bonds. The summed E-state index contributed by atoms with van der Waals surface area (Å²) in [6, 6.07) is 15.2. The van der Waals surface area contributed by atoms with Crippen molar-refractivity contribution in [2.45, 2.75) is 11.4 Å². The highest BCUT2D eigenvalue weighted by Gasteiger charge is 2.12. The lowest BCUT2D eigenvalue weighted by Gasteiger charge is -2.11. The van der Waals surface area contributed by atoms with Gasteiger partial charge in [-0.1, -0.05) is 17.7 Å². The van der Waals surface area contributed by atoms with Crippen molar-refractivity contribution in [2.24, 2.45) is 0 Å². The van der Waals surface area contributed by atoms with Gasteiger partial charge in [0.2, 0.25) is 0 Å². The Bertz CT molecular complexity index is 1230. The second-order valence-corrected chi connectivity index (χ2v) is 8.29. The molecule has 0 fully saturated rings. The van der Waals surface area contributed by atoms with E-state index in [9.17, 15) is 4.79 Å². The highest BCUT2D eigenvalue weighted by Crippen LogP contribution is 2.33. The van der Waals surface area contributed by atoms with Crippen molar-refractivity contribution in [1.29, 1.82) is 0 Å². The lowest BCUT2D eigenvalue weighted by molar-refractivity contribution is 0.0601. The lowest BCUT2D eigenvalue weighted by atomic mass is 10.1. The Labute approximate surface area is 189 Å². The molecule has 0 aliphatic heterocycles. The third-order valence-electron chi connectivity index (χ3n) is 4.73. The number of ether oxygens (including phenoxy) is 1. The number of esters is 1. The minimum Gasteiger partial charge on any atom is -0.465 e. The molecule has 0 spiro atoms. The predicted molar refractivity (Wildman–Crippen MR) is 126 cm³/mol. The molecule has 0 atom stereocenters. The summed E-state index contributed by atoms with van der Waals surface area (Å²) in [4.78, 5) is 17.0. The van der Waals surface area contributed by atoms with Gasteiger partial charge in [-0.2, -0.15) is 0 Å². The van der Waals surface area contributed by atoms with E-state index < -0.39 is 5.97 Å². The van der Waals surface area contributed by atoms with Gasteiger partial charge in [0.1, 0.15) is 0 Å². The lowest BCUT2D eigenvalue weighted by Crippen LogP contribution is -2.04. The number of aromatic nitrogens is 2. The quantitative estimate of drug-likeness (QED) is 0.361. The number of rotatable bonds is 7. The number of anilines is 2. The van der Waals surface area contributed by atoms with Gasteiger partial charge in [-0.25, -0.2) is 4.79 Å². The summed E-state index contributed by atoms with van der Waals surface area (Å²) in [7, 11) is 3.28. The Morgan fingerprint density at radius 2 is 2.10 bits per heavy atom. The molecule has 2 aromatic carbocycles. The first-order valence-electron chi connectivity index (χ1n) is 9.61. The van der Waals surface area contributed by atoms with Gasteiger partial charge in [0.15, 0.2) is 0 Å². The van der Waals surface area contributed by atoms with Gasteiger partial charge in [-0.3, -0.25) is 8.96 Å². The normalized spacial score (nSPS) is 10.9. The van der Waals surface area contributed by atoms with Crippen LogP contribution in [-0.2, 0) is 11.3 Å². The smallest absolute Gasteiger partial charge is 0.337 e. The van der Waals surface area contributed by atoms with E-state index in [1.807, 2.05) is 31.4 Å². The molecule has 158 valence electrons. The van der Waals surface area contributed by atoms with E-state index >= 15 is 0 Å². The molecular formula is C23H21ClN4O2S. The first-order valence-corrected chi connectivity index (χ1v) is 10.8. The van der Waals surface area contributed by atoms with Crippen LogP contribution in [0, 0.1) is 0 Å². The van der Waals surface area contributed by atoms with E-state index in [2.05, 4.69) is 37.9 Å². The van der Waals surface area contributed by atoms with Crippen LogP contribution in [0.2, 0.25) is 5.02 Å². The Kier molecular flexibility index (Phi) is 6.46. The number of benzene rings is 2. The van der Waals surface area contributed by atoms with E-state index in [0.29, 0.717) is 16.3 Å². The molecule has 2 N–H and O–H groups in total. The van der Waals surface area contributed by atoms with Gasteiger partial charge >= 0.3 is 5.97 Å². The third kappa shape index (κ3) is 4.69. The summed E-state index contributed by atoms with van der Waals surface area (Å²) < 4.78 is 6.89. The second kappa shape index (κ2) is 9.43. The van der Waals surface area contributed by atoms with Crippen LogP contribution in [0.1, 0.15) is 15.9 Å². The van der Waals surface area contributed by atoms with E-state index in [0.717, 1.165) is 22.6 Å². The molecule has 6 nitrogen and oxygen atoms in total. The minimum absolute atomic E-state index is 0.409. The topological polar surface area (TPSA) is 68.2 Å². The molecule has 0 radical (unpaired) electrons. The summed E-state index contributed by atoms with van der Waals surface area (Å²) in [5.74, 6) is -0.419. The molecule has 4 aromatic rings. The summed E-state index contributed by atoms with van der Waals surface area (Å²) in [6.07, 6.45) is 5.75. The Balaban J connectivity index is 1.68. The maximum Gasteiger partial charge on any atom is 0.337 e. The first kappa shape index (κ1) is 21.2. The summed E-state index contributed by atoms with van der Waals surface area (Å²) in [5, 5.41) is 8.19. The molecule has 4 rings (SSSR count). The number of methoxy groups -OCH3 is 1. The van der Waals surface area contributed by atoms with E-state index in [4.69, 9.17) is 16.3 Å². The first-order chi connectivity index (χ1) is 15.1. The van der Waals surface area contributed by atoms with Crippen molar-refractivity contribution >= 4 is 51.8 Å². The van der Waals surface area contributed by atoms with Crippen LogP contribution in [0.3, 0.4) is 0 Å². The van der Waals surface area contributed by atoms with Crippen LogP contribution in [-0.4, -0.2) is 29.1 Å². The monoisotopic (exact) mass is 452 g/mol. The Hall–Kier alpha value is -3.00. The number of pyridine rings is 1. The van der Waals surface area contributed by atoms with E-state index in [-0.39, 0.29) is 0 Å². The number of hydrogen-bond donors (Lipinski definition) is 2. The maximum absolute atomic E-state index is 11.7. The maximum atomic E-state index is 11.7. The van der Waals surface area contributed by atoms with E-state index in [1.165, 1.54) is 18.1 Å². The van der Waals surface area contributed by atoms with Crippen molar-refractivity contribution in [3.05, 3.63) is 83.3 Å². The van der Waals surface area contributed by atoms with Crippen LogP contribution in [0.4, 0.5) is 11.4 Å².